The summed E-state index contributed by atoms with van der Waals surface area (Å²) in [6.07, 6.45) is 5.58. The number of benzene rings is 2. The van der Waals surface area contributed by atoms with E-state index in [-0.39, 0.29) is 18.3 Å². The highest BCUT2D eigenvalue weighted by molar-refractivity contribution is 6.30. The molecule has 0 atom stereocenters. The predicted octanol–water partition coefficient (Wildman–Crippen LogP) is 6.36. The van der Waals surface area contributed by atoms with Crippen LogP contribution in [0.25, 0.3) is 10.9 Å². The Morgan fingerprint density at radius 2 is 1.72 bits per heavy atom. The van der Waals surface area contributed by atoms with Crippen molar-refractivity contribution in [2.24, 2.45) is 0 Å². The van der Waals surface area contributed by atoms with Crippen LogP contribution in [0.15, 0.2) is 42.5 Å². The van der Waals surface area contributed by atoms with Gasteiger partial charge in [-0.1, -0.05) is 44.2 Å². The van der Waals surface area contributed by atoms with Crippen LogP contribution in [0.2, 0.25) is 5.02 Å². The minimum atomic E-state index is -0.288. The average Bonchev–Trinajstić information content (AvgIpc) is 3.06. The van der Waals surface area contributed by atoms with Crippen LogP contribution in [0.5, 0.6) is 5.75 Å². The second kappa shape index (κ2) is 11.2. The number of hydrogen-bond donors (Lipinski definition) is 0. The summed E-state index contributed by atoms with van der Waals surface area (Å²) >= 11 is 5.98. The van der Waals surface area contributed by atoms with Gasteiger partial charge in [0, 0.05) is 21.7 Å². The van der Waals surface area contributed by atoms with E-state index in [4.69, 9.17) is 21.1 Å². The van der Waals surface area contributed by atoms with Gasteiger partial charge in [-0.3, -0.25) is 14.2 Å². The Morgan fingerprint density at radius 3 is 2.41 bits per heavy atom. The van der Waals surface area contributed by atoms with Crippen LogP contribution in [0.3, 0.4) is 0 Å². The molecule has 0 spiro atoms. The number of aromatic nitrogens is 1. The molecule has 2 aromatic carbocycles. The van der Waals surface area contributed by atoms with E-state index in [1.807, 2.05) is 25.1 Å². The third-order valence-corrected chi connectivity index (χ3v) is 5.92. The summed E-state index contributed by atoms with van der Waals surface area (Å²) in [6, 6.07) is 12.3. The molecule has 3 aromatic rings. The van der Waals surface area contributed by atoms with Crippen LogP contribution in [0.4, 0.5) is 0 Å². The zero-order valence-electron chi connectivity index (χ0n) is 18.9. The number of ether oxygens (including phenoxy) is 2. The minimum absolute atomic E-state index is 0.103. The zero-order valence-corrected chi connectivity index (χ0v) is 19.7. The third kappa shape index (κ3) is 5.52. The number of methoxy groups -OCH3 is 1. The lowest BCUT2D eigenvalue weighted by molar-refractivity contribution is -0.142. The molecule has 1 heterocycles. The zero-order chi connectivity index (χ0) is 23.1. The monoisotopic (exact) mass is 455 g/mol. The Labute approximate surface area is 194 Å². The van der Waals surface area contributed by atoms with Crippen LogP contribution >= 0.6 is 11.6 Å². The summed E-state index contributed by atoms with van der Waals surface area (Å²) in [5.41, 5.74) is 2.74. The highest BCUT2D eigenvalue weighted by atomic mass is 35.5. The molecule has 0 radical (unpaired) electrons. The van der Waals surface area contributed by atoms with Gasteiger partial charge in [-0.25, -0.2) is 0 Å². The summed E-state index contributed by atoms with van der Waals surface area (Å²) in [5.74, 6) is 0.202. The van der Waals surface area contributed by atoms with E-state index in [0.29, 0.717) is 28.6 Å². The van der Waals surface area contributed by atoms with Crippen LogP contribution in [-0.4, -0.2) is 30.2 Å². The summed E-state index contributed by atoms with van der Waals surface area (Å²) in [5, 5.41) is 1.38. The van der Waals surface area contributed by atoms with Gasteiger partial charge in [-0.05, 0) is 61.4 Å². The Balaban J connectivity index is 1.87. The molecule has 0 amide bonds. The summed E-state index contributed by atoms with van der Waals surface area (Å²) in [7, 11) is 1.59. The first-order valence-corrected chi connectivity index (χ1v) is 11.5. The maximum atomic E-state index is 13.3. The van der Waals surface area contributed by atoms with Crippen LogP contribution in [0, 0.1) is 6.92 Å². The standard InChI is InChI=1S/C26H30ClNO4/c1-4-5-6-7-8-15-32-25(29)17-22-18(2)28(24-14-13-21(31-3)16-23(22)24)26(30)19-9-11-20(27)12-10-19/h9-14,16H,4-8,15,17H2,1-3H3. The topological polar surface area (TPSA) is 57.5 Å². The molecule has 6 heteroatoms. The summed E-state index contributed by atoms with van der Waals surface area (Å²) in [4.78, 5) is 25.9. The van der Waals surface area contributed by atoms with E-state index >= 15 is 0 Å². The van der Waals surface area contributed by atoms with E-state index in [1.54, 1.807) is 35.9 Å². The highest BCUT2D eigenvalue weighted by Gasteiger charge is 2.22. The molecule has 0 aliphatic rings. The largest absolute Gasteiger partial charge is 0.497 e. The van der Waals surface area contributed by atoms with Crippen LogP contribution in [-0.2, 0) is 16.0 Å². The highest BCUT2D eigenvalue weighted by Crippen LogP contribution is 2.31. The molecular weight excluding hydrogens is 426 g/mol. The third-order valence-electron chi connectivity index (χ3n) is 5.67. The minimum Gasteiger partial charge on any atom is -0.497 e. The molecule has 0 aliphatic carbocycles. The lowest BCUT2D eigenvalue weighted by Crippen LogP contribution is -2.14. The quantitative estimate of drug-likeness (QED) is 0.264. The van der Waals surface area contributed by atoms with Gasteiger partial charge in [0.25, 0.3) is 5.91 Å². The van der Waals surface area contributed by atoms with Gasteiger partial charge in [0.05, 0.1) is 25.7 Å². The lowest BCUT2D eigenvalue weighted by atomic mass is 10.1. The molecule has 170 valence electrons. The second-order valence-electron chi connectivity index (χ2n) is 7.91. The van der Waals surface area contributed by atoms with Gasteiger partial charge in [0.2, 0.25) is 0 Å². The Bertz CT molecular complexity index is 1090. The molecule has 5 nitrogen and oxygen atoms in total. The lowest BCUT2D eigenvalue weighted by Gasteiger charge is -2.08. The Hall–Kier alpha value is -2.79. The van der Waals surface area contributed by atoms with Crippen molar-refractivity contribution < 1.29 is 19.1 Å². The molecule has 32 heavy (non-hydrogen) atoms. The van der Waals surface area contributed by atoms with Crippen molar-refractivity contribution in [3.8, 4) is 5.75 Å². The Kier molecular flexibility index (Phi) is 8.34. The number of hydrogen-bond acceptors (Lipinski definition) is 4. The van der Waals surface area contributed by atoms with Gasteiger partial charge >= 0.3 is 5.97 Å². The number of halogens is 1. The van der Waals surface area contributed by atoms with Crippen molar-refractivity contribution in [3.05, 3.63) is 64.3 Å². The molecular formula is C26H30ClNO4. The molecule has 0 aliphatic heterocycles. The molecule has 0 saturated carbocycles. The molecule has 3 rings (SSSR count). The number of esters is 1. The van der Waals surface area contributed by atoms with Crippen molar-refractivity contribution in [2.45, 2.75) is 52.4 Å². The Morgan fingerprint density at radius 1 is 1.00 bits per heavy atom. The molecule has 0 bridgehead atoms. The number of carbonyl (C=O) groups excluding carboxylic acids is 2. The number of rotatable bonds is 10. The van der Waals surface area contributed by atoms with Crippen molar-refractivity contribution in [3.63, 3.8) is 0 Å². The van der Waals surface area contributed by atoms with Gasteiger partial charge in [-0.15, -0.1) is 0 Å². The number of fused-ring (bicyclic) bond motifs is 1. The van der Waals surface area contributed by atoms with E-state index in [2.05, 4.69) is 6.92 Å². The molecule has 0 fully saturated rings. The number of carbonyl (C=O) groups is 2. The maximum Gasteiger partial charge on any atom is 0.310 e. The van der Waals surface area contributed by atoms with Gasteiger partial charge in [0.1, 0.15) is 5.75 Å². The van der Waals surface area contributed by atoms with Gasteiger partial charge in [-0.2, -0.15) is 0 Å². The van der Waals surface area contributed by atoms with Crippen molar-refractivity contribution in [1.29, 1.82) is 0 Å². The van der Waals surface area contributed by atoms with Gasteiger partial charge < -0.3 is 9.47 Å². The van der Waals surface area contributed by atoms with E-state index < -0.39 is 0 Å². The van der Waals surface area contributed by atoms with Crippen LogP contribution in [0.1, 0.15) is 60.6 Å². The summed E-state index contributed by atoms with van der Waals surface area (Å²) < 4.78 is 12.5. The molecule has 0 unspecified atom stereocenters. The number of unbranched alkanes of at least 4 members (excludes halogenated alkanes) is 4. The smallest absolute Gasteiger partial charge is 0.310 e. The summed E-state index contributed by atoms with van der Waals surface area (Å²) in [6.45, 7) is 4.45. The fourth-order valence-corrected chi connectivity index (χ4v) is 4.01. The number of nitrogens with zero attached hydrogens (tertiary/aromatic N) is 1. The van der Waals surface area contributed by atoms with E-state index in [0.717, 1.165) is 35.7 Å². The normalized spacial score (nSPS) is 11.0. The SMILES string of the molecule is CCCCCCCOC(=O)Cc1c(C)n(C(=O)c2ccc(Cl)cc2)c2ccc(OC)cc12. The molecule has 0 N–H and O–H groups in total. The maximum absolute atomic E-state index is 13.3. The van der Waals surface area contributed by atoms with Crippen molar-refractivity contribution in [1.82, 2.24) is 4.57 Å². The van der Waals surface area contributed by atoms with Crippen LogP contribution < -0.4 is 4.74 Å². The van der Waals surface area contributed by atoms with Crippen molar-refractivity contribution >= 4 is 34.4 Å². The fraction of sp³-hybridized carbons (Fsp3) is 0.385. The first-order chi connectivity index (χ1) is 15.5. The second-order valence-corrected chi connectivity index (χ2v) is 8.34. The first-order valence-electron chi connectivity index (χ1n) is 11.1. The van der Waals surface area contributed by atoms with E-state index in [1.165, 1.54) is 12.8 Å². The van der Waals surface area contributed by atoms with Gasteiger partial charge in [0.15, 0.2) is 0 Å². The molecule has 1 aromatic heterocycles. The average molecular weight is 456 g/mol. The first kappa shape index (κ1) is 23.9. The van der Waals surface area contributed by atoms with Crippen molar-refractivity contribution in [2.75, 3.05) is 13.7 Å². The molecule has 0 saturated heterocycles. The fourth-order valence-electron chi connectivity index (χ4n) is 3.88. The predicted molar refractivity (Wildman–Crippen MR) is 128 cm³/mol. The van der Waals surface area contributed by atoms with E-state index in [9.17, 15) is 9.59 Å².